The third-order valence-corrected chi connectivity index (χ3v) is 3.26. The van der Waals surface area contributed by atoms with Crippen molar-refractivity contribution in [3.05, 3.63) is 35.4 Å². The van der Waals surface area contributed by atoms with Gasteiger partial charge in [0.05, 0.1) is 6.10 Å². The van der Waals surface area contributed by atoms with Gasteiger partial charge in [-0.1, -0.05) is 0 Å². The molecule has 3 N–H and O–H groups in total. The number of amides is 2. The molecule has 8 heteroatoms. The smallest absolute Gasteiger partial charge is 0.326 e. The summed E-state index contributed by atoms with van der Waals surface area (Å²) in [6.45, 7) is -0.393. The van der Waals surface area contributed by atoms with Crippen LogP contribution in [-0.4, -0.2) is 45.8 Å². The largest absolute Gasteiger partial charge is 0.480 e. The SMILES string of the molecule is O=C(O)[C@@H]1C[C@@H](O)CN1C(=O)NCc1cc(F)ccc1F. The van der Waals surface area contributed by atoms with Crippen LogP contribution in [-0.2, 0) is 11.3 Å². The van der Waals surface area contributed by atoms with Crippen LogP contribution in [0.15, 0.2) is 18.2 Å². The molecule has 0 spiro atoms. The molecule has 114 valence electrons. The highest BCUT2D eigenvalue weighted by Gasteiger charge is 2.38. The van der Waals surface area contributed by atoms with Crippen molar-refractivity contribution in [2.24, 2.45) is 0 Å². The number of aliphatic hydroxyl groups is 1. The molecule has 0 unspecified atom stereocenters. The number of aliphatic carboxylic acids is 1. The molecule has 1 aliphatic heterocycles. The van der Waals surface area contributed by atoms with Gasteiger partial charge < -0.3 is 20.4 Å². The Balaban J connectivity index is 2.01. The van der Waals surface area contributed by atoms with E-state index in [1.165, 1.54) is 0 Å². The van der Waals surface area contributed by atoms with Crippen molar-refractivity contribution in [1.29, 1.82) is 0 Å². The molecule has 1 aliphatic rings. The van der Waals surface area contributed by atoms with Crippen LogP contribution >= 0.6 is 0 Å². The molecular weight excluding hydrogens is 286 g/mol. The third-order valence-electron chi connectivity index (χ3n) is 3.26. The summed E-state index contributed by atoms with van der Waals surface area (Å²) in [5.41, 5.74) is -0.0463. The van der Waals surface area contributed by atoms with E-state index in [0.29, 0.717) is 0 Å². The Morgan fingerprint density at radius 3 is 2.76 bits per heavy atom. The lowest BCUT2D eigenvalue weighted by Crippen LogP contribution is -2.46. The number of hydrogen-bond acceptors (Lipinski definition) is 3. The fourth-order valence-corrected chi connectivity index (χ4v) is 2.22. The summed E-state index contributed by atoms with van der Waals surface area (Å²) in [7, 11) is 0. The summed E-state index contributed by atoms with van der Waals surface area (Å²) in [5, 5.41) is 20.7. The molecule has 2 atom stereocenters. The summed E-state index contributed by atoms with van der Waals surface area (Å²) in [4.78, 5) is 23.9. The van der Waals surface area contributed by atoms with Crippen LogP contribution < -0.4 is 5.32 Å². The van der Waals surface area contributed by atoms with Gasteiger partial charge in [-0.15, -0.1) is 0 Å². The Morgan fingerprint density at radius 2 is 2.10 bits per heavy atom. The number of hydrogen-bond donors (Lipinski definition) is 3. The second kappa shape index (κ2) is 6.04. The van der Waals surface area contributed by atoms with E-state index in [0.717, 1.165) is 23.1 Å². The first-order valence-corrected chi connectivity index (χ1v) is 6.27. The van der Waals surface area contributed by atoms with Gasteiger partial charge in [0.15, 0.2) is 0 Å². The van der Waals surface area contributed by atoms with Gasteiger partial charge in [0.1, 0.15) is 17.7 Å². The van der Waals surface area contributed by atoms with Gasteiger partial charge in [0.2, 0.25) is 0 Å². The molecule has 0 radical (unpaired) electrons. The second-order valence-electron chi connectivity index (χ2n) is 4.79. The van der Waals surface area contributed by atoms with Crippen molar-refractivity contribution in [1.82, 2.24) is 10.2 Å². The molecule has 1 aromatic rings. The number of aliphatic hydroxyl groups excluding tert-OH is 1. The van der Waals surface area contributed by atoms with Gasteiger partial charge in [0, 0.05) is 25.1 Å². The fraction of sp³-hybridized carbons (Fsp3) is 0.385. The molecule has 1 saturated heterocycles. The summed E-state index contributed by atoms with van der Waals surface area (Å²) in [6, 6.07) is 0.970. The first-order chi connectivity index (χ1) is 9.88. The maximum absolute atomic E-state index is 13.4. The van der Waals surface area contributed by atoms with E-state index in [9.17, 15) is 23.5 Å². The molecule has 0 bridgehead atoms. The van der Waals surface area contributed by atoms with Crippen molar-refractivity contribution >= 4 is 12.0 Å². The van der Waals surface area contributed by atoms with E-state index in [1.807, 2.05) is 0 Å². The standard InChI is InChI=1S/C13H14F2N2O4/c14-8-1-2-10(15)7(3-8)5-16-13(21)17-6-9(18)4-11(17)12(19)20/h1-3,9,11,18H,4-6H2,(H,16,21)(H,19,20)/t9-,11+/m1/s1. The Morgan fingerprint density at radius 1 is 1.38 bits per heavy atom. The number of carboxylic acids is 1. The average Bonchev–Trinajstić information content (AvgIpc) is 2.82. The number of halogens is 2. The molecule has 6 nitrogen and oxygen atoms in total. The number of carboxylic acid groups (broad SMARTS) is 1. The molecule has 21 heavy (non-hydrogen) atoms. The van der Waals surface area contributed by atoms with Crippen molar-refractivity contribution in [2.75, 3.05) is 6.54 Å². The number of nitrogens with one attached hydrogen (secondary N) is 1. The van der Waals surface area contributed by atoms with Gasteiger partial charge in [0.25, 0.3) is 0 Å². The number of likely N-dealkylation sites (tertiary alicyclic amines) is 1. The summed E-state index contributed by atoms with van der Waals surface area (Å²) < 4.78 is 26.4. The number of urea groups is 1. The van der Waals surface area contributed by atoms with E-state index in [1.54, 1.807) is 0 Å². The Labute approximate surface area is 119 Å². The lowest BCUT2D eigenvalue weighted by Gasteiger charge is -2.21. The van der Waals surface area contributed by atoms with E-state index in [4.69, 9.17) is 5.11 Å². The molecule has 0 saturated carbocycles. The Bertz CT molecular complexity index is 567. The highest BCUT2D eigenvalue weighted by atomic mass is 19.1. The zero-order valence-electron chi connectivity index (χ0n) is 10.9. The van der Waals surface area contributed by atoms with Crippen LogP contribution in [0, 0.1) is 11.6 Å². The molecule has 1 heterocycles. The van der Waals surface area contributed by atoms with Crippen LogP contribution in [0.4, 0.5) is 13.6 Å². The zero-order valence-corrected chi connectivity index (χ0v) is 10.9. The van der Waals surface area contributed by atoms with Gasteiger partial charge in [-0.2, -0.15) is 0 Å². The number of rotatable bonds is 3. The topological polar surface area (TPSA) is 89.9 Å². The quantitative estimate of drug-likeness (QED) is 0.766. The van der Waals surface area contributed by atoms with Crippen LogP contribution in [0.2, 0.25) is 0 Å². The van der Waals surface area contributed by atoms with Crippen molar-refractivity contribution in [2.45, 2.75) is 25.1 Å². The third kappa shape index (κ3) is 3.46. The number of carbonyl (C=O) groups is 2. The lowest BCUT2D eigenvalue weighted by atomic mass is 10.2. The molecule has 2 amide bonds. The van der Waals surface area contributed by atoms with E-state index >= 15 is 0 Å². The maximum Gasteiger partial charge on any atom is 0.326 e. The number of nitrogens with zero attached hydrogens (tertiary/aromatic N) is 1. The zero-order chi connectivity index (χ0) is 15.6. The van der Waals surface area contributed by atoms with Crippen LogP contribution in [0.3, 0.4) is 0 Å². The van der Waals surface area contributed by atoms with Gasteiger partial charge in [-0.25, -0.2) is 18.4 Å². The van der Waals surface area contributed by atoms with Crippen molar-refractivity contribution in [3.8, 4) is 0 Å². The summed E-state index contributed by atoms with van der Waals surface area (Å²) in [5.74, 6) is -2.53. The van der Waals surface area contributed by atoms with Crippen LogP contribution in [0.1, 0.15) is 12.0 Å². The number of benzene rings is 1. The summed E-state index contributed by atoms with van der Waals surface area (Å²) >= 11 is 0. The van der Waals surface area contributed by atoms with Crippen LogP contribution in [0.25, 0.3) is 0 Å². The molecule has 0 aromatic heterocycles. The molecule has 1 aromatic carbocycles. The minimum atomic E-state index is -1.22. The molecular formula is C13H14F2N2O4. The van der Waals surface area contributed by atoms with Gasteiger partial charge in [-0.05, 0) is 18.2 Å². The van der Waals surface area contributed by atoms with Gasteiger partial charge >= 0.3 is 12.0 Å². The highest BCUT2D eigenvalue weighted by Crippen LogP contribution is 2.18. The predicted molar refractivity (Wildman–Crippen MR) is 67.3 cm³/mol. The Kier molecular flexibility index (Phi) is 4.37. The monoisotopic (exact) mass is 300 g/mol. The van der Waals surface area contributed by atoms with Gasteiger partial charge in [-0.3, -0.25) is 0 Å². The van der Waals surface area contributed by atoms with Crippen LogP contribution in [0.5, 0.6) is 0 Å². The van der Waals surface area contributed by atoms with E-state index in [-0.39, 0.29) is 25.1 Å². The minimum absolute atomic E-state index is 0.0463. The fourth-order valence-electron chi connectivity index (χ4n) is 2.22. The normalized spacial score (nSPS) is 21.4. The minimum Gasteiger partial charge on any atom is -0.480 e. The number of β-amino-alcohol motifs (C(OH)–C–C–N with tert-alkyl or cyclic N) is 1. The second-order valence-corrected chi connectivity index (χ2v) is 4.79. The van der Waals surface area contributed by atoms with E-state index in [2.05, 4.69) is 5.32 Å². The van der Waals surface area contributed by atoms with Crippen molar-refractivity contribution < 1.29 is 28.6 Å². The highest BCUT2D eigenvalue weighted by molar-refractivity contribution is 5.83. The first kappa shape index (κ1) is 15.2. The Hall–Kier alpha value is -2.22. The average molecular weight is 300 g/mol. The first-order valence-electron chi connectivity index (χ1n) is 6.27. The molecule has 1 fully saturated rings. The predicted octanol–water partition coefficient (Wildman–Crippen LogP) is 0.694. The summed E-state index contributed by atoms with van der Waals surface area (Å²) in [6.07, 6.45) is -0.973. The number of carbonyl (C=O) groups excluding carboxylic acids is 1. The molecule has 0 aliphatic carbocycles. The molecule has 2 rings (SSSR count). The maximum atomic E-state index is 13.4. The lowest BCUT2D eigenvalue weighted by molar-refractivity contribution is -0.141. The van der Waals surface area contributed by atoms with E-state index < -0.39 is 35.8 Å². The van der Waals surface area contributed by atoms with Crippen molar-refractivity contribution in [3.63, 3.8) is 0 Å².